The van der Waals surface area contributed by atoms with Crippen molar-refractivity contribution in [1.29, 1.82) is 10.7 Å². The molecule has 4 aromatic carbocycles. The van der Waals surface area contributed by atoms with Crippen LogP contribution in [0.25, 0.3) is 0 Å². The van der Waals surface area contributed by atoms with Crippen LogP contribution in [0.3, 0.4) is 0 Å². The van der Waals surface area contributed by atoms with Crippen LogP contribution < -0.4 is 0 Å². The van der Waals surface area contributed by atoms with Crippen molar-refractivity contribution in [2.45, 2.75) is 54.8 Å². The highest BCUT2D eigenvalue weighted by molar-refractivity contribution is 9.08. The first-order valence-corrected chi connectivity index (χ1v) is 20.5. The van der Waals surface area contributed by atoms with Gasteiger partial charge in [0, 0.05) is 67.7 Å². The van der Waals surface area contributed by atoms with E-state index in [0.29, 0.717) is 46.5 Å². The van der Waals surface area contributed by atoms with Gasteiger partial charge in [-0.2, -0.15) is 31.6 Å². The van der Waals surface area contributed by atoms with Crippen molar-refractivity contribution in [3.8, 4) is 6.07 Å². The van der Waals surface area contributed by atoms with Gasteiger partial charge in [0.25, 0.3) is 11.2 Å². The Balaban J connectivity index is 0.000000189. The molecule has 3 aliphatic rings. The summed E-state index contributed by atoms with van der Waals surface area (Å²) in [5.74, 6) is 0.343. The van der Waals surface area contributed by atoms with Gasteiger partial charge in [0.05, 0.1) is 35.3 Å². The SMILES string of the molecule is N#Cc1ccc(C2=NOC(c3cc(Cl)cc(Cl)c3)(C(F)(F)F)C2)cc1CBr.N=C1c2ccc(C3=NOC(c4cc(Cl)cc(Cl)c4)(C(F)(F)F)C3)cc2CN1Cc1ccccn1. The van der Waals surface area contributed by atoms with E-state index in [1.165, 1.54) is 42.5 Å². The van der Waals surface area contributed by atoms with Crippen LogP contribution in [0.4, 0.5) is 26.3 Å². The summed E-state index contributed by atoms with van der Waals surface area (Å²) in [6, 6.07) is 24.9. The molecule has 5 aromatic rings. The Hall–Kier alpha value is -4.85. The van der Waals surface area contributed by atoms with E-state index in [9.17, 15) is 26.3 Å². The second kappa shape index (κ2) is 17.1. The van der Waals surface area contributed by atoms with Crippen LogP contribution in [-0.4, -0.2) is 39.5 Å². The third-order valence-corrected chi connectivity index (χ3v) is 11.7. The molecular weight excluding hydrogens is 956 g/mol. The van der Waals surface area contributed by atoms with Crippen LogP contribution >= 0.6 is 62.3 Å². The fraction of sp³-hybridized carbons (Fsp3) is 0.214. The van der Waals surface area contributed by atoms with Crippen LogP contribution in [-0.2, 0) is 39.3 Å². The zero-order valence-electron chi connectivity index (χ0n) is 31.0. The van der Waals surface area contributed by atoms with Gasteiger partial charge in [-0.1, -0.05) is 96.9 Å². The van der Waals surface area contributed by atoms with Gasteiger partial charge in [0.1, 0.15) is 5.84 Å². The molecule has 8 nitrogen and oxygen atoms in total. The predicted molar refractivity (Wildman–Crippen MR) is 223 cm³/mol. The van der Waals surface area contributed by atoms with Gasteiger partial charge in [-0.15, -0.1) is 0 Å². The molecule has 1 N–H and O–H groups in total. The summed E-state index contributed by atoms with van der Waals surface area (Å²) in [6.07, 6.45) is -8.89. The van der Waals surface area contributed by atoms with Crippen LogP contribution in [0.5, 0.6) is 0 Å². The van der Waals surface area contributed by atoms with Gasteiger partial charge in [0.15, 0.2) is 0 Å². The Morgan fingerprint density at radius 1 is 0.738 bits per heavy atom. The highest BCUT2D eigenvalue weighted by atomic mass is 79.9. The number of hydrogen-bond acceptors (Lipinski definition) is 7. The maximum Gasteiger partial charge on any atom is 0.435 e. The molecule has 0 saturated heterocycles. The number of fused-ring (bicyclic) bond motifs is 1. The number of benzene rings is 4. The van der Waals surface area contributed by atoms with Crippen LogP contribution in [0.15, 0.2) is 108 Å². The van der Waals surface area contributed by atoms with E-state index in [4.69, 9.17) is 66.8 Å². The van der Waals surface area contributed by atoms with Crippen molar-refractivity contribution >= 4 is 79.6 Å². The Kier molecular flexibility index (Phi) is 12.4. The number of hydrogen-bond donors (Lipinski definition) is 1. The molecule has 314 valence electrons. The van der Waals surface area contributed by atoms with Gasteiger partial charge in [0.2, 0.25) is 0 Å². The quantitative estimate of drug-likeness (QED) is 0.129. The van der Waals surface area contributed by atoms with E-state index in [1.807, 2.05) is 29.2 Å². The van der Waals surface area contributed by atoms with Crippen LogP contribution in [0.1, 0.15) is 63.0 Å². The number of alkyl halides is 7. The lowest BCUT2D eigenvalue weighted by Crippen LogP contribution is -2.42. The summed E-state index contributed by atoms with van der Waals surface area (Å²) in [4.78, 5) is 16.2. The fourth-order valence-electron chi connectivity index (χ4n) is 7.10. The summed E-state index contributed by atoms with van der Waals surface area (Å²) < 4.78 is 84.7. The summed E-state index contributed by atoms with van der Waals surface area (Å²) in [6.45, 7) is 0.904. The van der Waals surface area contributed by atoms with E-state index in [2.05, 4.69) is 31.2 Å². The number of halogens is 11. The normalized spacial score (nSPS) is 19.6. The maximum atomic E-state index is 14.3. The number of aromatic nitrogens is 1. The lowest BCUT2D eigenvalue weighted by atomic mass is 9.86. The Morgan fingerprint density at radius 2 is 1.26 bits per heavy atom. The second-order valence-electron chi connectivity index (χ2n) is 14.1. The predicted octanol–water partition coefficient (Wildman–Crippen LogP) is 12.7. The van der Waals surface area contributed by atoms with E-state index in [1.54, 1.807) is 36.5 Å². The molecule has 0 radical (unpaired) electrons. The molecule has 8 rings (SSSR count). The van der Waals surface area contributed by atoms with Gasteiger partial charge in [-0.25, -0.2) is 0 Å². The Morgan fingerprint density at radius 3 is 1.74 bits per heavy atom. The number of pyridine rings is 1. The summed E-state index contributed by atoms with van der Waals surface area (Å²) in [5, 5.41) is 25.8. The molecule has 2 unspecified atom stereocenters. The van der Waals surface area contributed by atoms with Gasteiger partial charge < -0.3 is 14.6 Å². The third-order valence-electron chi connectivity index (χ3n) is 10.2. The third kappa shape index (κ3) is 8.79. The molecule has 4 heterocycles. The first-order chi connectivity index (χ1) is 28.9. The zero-order valence-corrected chi connectivity index (χ0v) is 35.6. The van der Waals surface area contributed by atoms with Crippen molar-refractivity contribution < 1.29 is 36.0 Å². The van der Waals surface area contributed by atoms with Crippen molar-refractivity contribution in [2.75, 3.05) is 0 Å². The Bertz CT molecular complexity index is 2600. The van der Waals surface area contributed by atoms with Crippen molar-refractivity contribution in [3.63, 3.8) is 0 Å². The topological polar surface area (TPSA) is 107 Å². The summed E-state index contributed by atoms with van der Waals surface area (Å²) >= 11 is 27.0. The number of nitriles is 1. The summed E-state index contributed by atoms with van der Waals surface area (Å²) in [7, 11) is 0. The molecule has 1 aromatic heterocycles. The lowest BCUT2D eigenvalue weighted by molar-refractivity contribution is -0.276. The summed E-state index contributed by atoms with van der Waals surface area (Å²) in [5.41, 5.74) is -1.11. The lowest BCUT2D eigenvalue weighted by Gasteiger charge is -2.29. The molecule has 19 heteroatoms. The molecule has 0 aliphatic carbocycles. The molecule has 0 fully saturated rings. The van der Waals surface area contributed by atoms with Crippen LogP contribution in [0.2, 0.25) is 20.1 Å². The molecule has 2 atom stereocenters. The monoisotopic (exact) mass is 980 g/mol. The van der Waals surface area contributed by atoms with Crippen molar-refractivity contribution in [3.05, 3.63) is 167 Å². The van der Waals surface area contributed by atoms with E-state index >= 15 is 0 Å². The molecule has 3 aliphatic heterocycles. The number of rotatable bonds is 7. The smallest absolute Gasteiger partial charge is 0.374 e. The molecule has 0 spiro atoms. The zero-order chi connectivity index (χ0) is 43.9. The minimum atomic E-state index is -4.76. The number of nitrogens with zero attached hydrogens (tertiary/aromatic N) is 5. The number of nitrogens with one attached hydrogen (secondary N) is 1. The first kappa shape index (κ1) is 44.2. The van der Waals surface area contributed by atoms with Crippen LogP contribution in [0, 0.1) is 16.7 Å². The Labute approximate surface area is 372 Å². The van der Waals surface area contributed by atoms with E-state index < -0.39 is 36.4 Å². The molecule has 0 saturated carbocycles. The fourth-order valence-corrected chi connectivity index (χ4v) is 8.61. The molecule has 0 amide bonds. The maximum absolute atomic E-state index is 14.3. The minimum absolute atomic E-state index is 0.0677. The van der Waals surface area contributed by atoms with Gasteiger partial charge in [-0.3, -0.25) is 10.4 Å². The first-order valence-electron chi connectivity index (χ1n) is 17.9. The minimum Gasteiger partial charge on any atom is -0.374 e. The second-order valence-corrected chi connectivity index (χ2v) is 16.4. The average Bonchev–Trinajstić information content (AvgIpc) is 3.95. The molecule has 61 heavy (non-hydrogen) atoms. The number of amidine groups is 1. The molecule has 0 bridgehead atoms. The average molecular weight is 983 g/mol. The van der Waals surface area contributed by atoms with Gasteiger partial charge >= 0.3 is 12.4 Å². The molecular formula is C42H27BrCl4F6N6O2. The standard InChI is InChI=1S/C24H17Cl2F3N4O.C18H10BrCl2F3N2O/c25-17-8-16(9-18(26)10-17)23(24(27,28)29)11-21(32-34-23)14-4-5-20-15(7-14)12-33(22(20)30)13-19-3-1-2-6-31-19;19-8-12-3-10(1-2-11(12)9-25)16-7-17(27-26-16,18(22,23)24)13-4-14(20)6-15(21)5-13/h1-10,30H,11-13H2;1-6H,7-8H2. The van der Waals surface area contributed by atoms with E-state index in [-0.39, 0.29) is 42.6 Å². The highest BCUT2D eigenvalue weighted by Gasteiger charge is 2.63. The largest absolute Gasteiger partial charge is 0.435 e. The highest BCUT2D eigenvalue weighted by Crippen LogP contribution is 2.51. The van der Waals surface area contributed by atoms with Crippen molar-refractivity contribution in [1.82, 2.24) is 9.88 Å². The van der Waals surface area contributed by atoms with Gasteiger partial charge in [-0.05, 0) is 89.0 Å². The van der Waals surface area contributed by atoms with E-state index in [0.717, 1.165) is 16.8 Å². The number of oxime groups is 2. The van der Waals surface area contributed by atoms with Crippen molar-refractivity contribution in [2.24, 2.45) is 10.3 Å².